The van der Waals surface area contributed by atoms with Crippen LogP contribution in [0.2, 0.25) is 0 Å². The number of aromatic nitrogens is 2. The van der Waals surface area contributed by atoms with E-state index < -0.39 is 0 Å². The lowest BCUT2D eigenvalue weighted by Gasteiger charge is -2.19. The van der Waals surface area contributed by atoms with E-state index in [1.165, 1.54) is 58.4 Å². The van der Waals surface area contributed by atoms with Crippen LogP contribution < -0.4 is 0 Å². The summed E-state index contributed by atoms with van der Waals surface area (Å²) in [6.07, 6.45) is 4.98. The number of hydrogen-bond donors (Lipinski definition) is 1. The highest BCUT2D eigenvalue weighted by molar-refractivity contribution is 6.09. The molecule has 0 fully saturated rings. The first kappa shape index (κ1) is 16.5. The fourth-order valence-electron chi connectivity index (χ4n) is 4.75. The van der Waals surface area contributed by atoms with Gasteiger partial charge in [0, 0.05) is 10.9 Å². The topological polar surface area (TPSA) is 46.0 Å². The largest absolute Gasteiger partial charge is 0.507 e. The fraction of sp³-hybridized carbons (Fsp3) is 0.154. The Hall–Kier alpha value is -3.46. The number of phenols is 1. The first-order valence-corrected chi connectivity index (χ1v) is 10.2. The van der Waals surface area contributed by atoms with Gasteiger partial charge in [0.25, 0.3) is 0 Å². The van der Waals surface area contributed by atoms with E-state index in [0.29, 0.717) is 5.52 Å². The molecular formula is C26H20N2O. The molecule has 0 amide bonds. The van der Waals surface area contributed by atoms with Crippen molar-refractivity contribution < 1.29 is 5.11 Å². The third-order valence-corrected chi connectivity index (χ3v) is 6.25. The summed E-state index contributed by atoms with van der Waals surface area (Å²) in [6.45, 7) is 0. The molecule has 0 aliphatic heterocycles. The predicted molar refractivity (Wildman–Crippen MR) is 118 cm³/mol. The highest BCUT2D eigenvalue weighted by Crippen LogP contribution is 2.35. The summed E-state index contributed by atoms with van der Waals surface area (Å²) in [4.78, 5) is 0. The molecule has 0 bridgehead atoms. The molecule has 3 heteroatoms. The molecule has 6 rings (SSSR count). The zero-order valence-corrected chi connectivity index (χ0v) is 16.0. The van der Waals surface area contributed by atoms with Crippen LogP contribution in [0.3, 0.4) is 0 Å². The normalized spacial score (nSPS) is 13.8. The smallest absolute Gasteiger partial charge is 0.125 e. The molecule has 29 heavy (non-hydrogen) atoms. The van der Waals surface area contributed by atoms with Crippen molar-refractivity contribution in [1.82, 2.24) is 10.2 Å². The predicted octanol–water partition coefficient (Wildman–Crippen LogP) is 6.19. The number of rotatable bonds is 1. The van der Waals surface area contributed by atoms with Crippen LogP contribution in [0.4, 0.5) is 0 Å². The first-order chi connectivity index (χ1) is 14.3. The van der Waals surface area contributed by atoms with Crippen molar-refractivity contribution in [2.75, 3.05) is 0 Å². The van der Waals surface area contributed by atoms with Crippen LogP contribution in [-0.4, -0.2) is 15.3 Å². The summed E-state index contributed by atoms with van der Waals surface area (Å²) >= 11 is 0. The number of phenolic OH excluding ortho intramolecular Hbond substituents is 1. The summed E-state index contributed by atoms with van der Waals surface area (Å²) in [5, 5.41) is 24.8. The van der Waals surface area contributed by atoms with Gasteiger partial charge in [-0.25, -0.2) is 0 Å². The standard InChI is InChI=1S/C26H20N2O/c29-26-7-3-6-24-23(26)15-25(28-27-24)18-10-11-20-17(14-18)9-13-21-19-5-2-1-4-16(19)8-12-22(20)21/h3,6-15,29H,1-2,4-5H2. The number of benzene rings is 4. The molecule has 0 radical (unpaired) electrons. The number of nitrogens with zero attached hydrogens (tertiary/aromatic N) is 2. The van der Waals surface area contributed by atoms with Gasteiger partial charge in [0.2, 0.25) is 0 Å². The molecule has 0 saturated carbocycles. The van der Waals surface area contributed by atoms with Crippen molar-refractivity contribution in [3.8, 4) is 17.0 Å². The van der Waals surface area contributed by atoms with Crippen LogP contribution in [0.25, 0.3) is 43.7 Å². The monoisotopic (exact) mass is 376 g/mol. The van der Waals surface area contributed by atoms with Crippen LogP contribution in [0.1, 0.15) is 24.0 Å². The minimum absolute atomic E-state index is 0.232. The van der Waals surface area contributed by atoms with Gasteiger partial charge in [-0.3, -0.25) is 0 Å². The number of fused-ring (bicyclic) bond motifs is 6. The van der Waals surface area contributed by atoms with Crippen molar-refractivity contribution in [1.29, 1.82) is 0 Å². The van der Waals surface area contributed by atoms with Gasteiger partial charge in [0.15, 0.2) is 0 Å². The second-order valence-electron chi connectivity index (χ2n) is 7.95. The Morgan fingerprint density at radius 2 is 1.55 bits per heavy atom. The Morgan fingerprint density at radius 3 is 2.52 bits per heavy atom. The molecule has 5 aromatic rings. The third-order valence-electron chi connectivity index (χ3n) is 6.25. The van der Waals surface area contributed by atoms with E-state index in [0.717, 1.165) is 16.6 Å². The molecule has 3 nitrogen and oxygen atoms in total. The molecule has 1 heterocycles. The molecule has 0 atom stereocenters. The highest BCUT2D eigenvalue weighted by Gasteiger charge is 2.14. The molecule has 4 aromatic carbocycles. The highest BCUT2D eigenvalue weighted by atomic mass is 16.3. The lowest BCUT2D eigenvalue weighted by Crippen LogP contribution is -2.03. The van der Waals surface area contributed by atoms with E-state index in [2.05, 4.69) is 52.7 Å². The SMILES string of the molecule is Oc1cccc2nnc(-c3ccc4c(ccc5c6c(ccc54)CCCC6)c3)cc12. The van der Waals surface area contributed by atoms with Gasteiger partial charge in [0.1, 0.15) is 5.75 Å². The average Bonchev–Trinajstić information content (AvgIpc) is 2.78. The van der Waals surface area contributed by atoms with Crippen LogP contribution in [0, 0.1) is 0 Å². The van der Waals surface area contributed by atoms with Gasteiger partial charge >= 0.3 is 0 Å². The molecule has 0 spiro atoms. The summed E-state index contributed by atoms with van der Waals surface area (Å²) in [7, 11) is 0. The number of aryl methyl sites for hydroxylation is 2. The first-order valence-electron chi connectivity index (χ1n) is 10.2. The summed E-state index contributed by atoms with van der Waals surface area (Å²) in [5.74, 6) is 0.232. The fourth-order valence-corrected chi connectivity index (χ4v) is 4.75. The molecule has 0 saturated heterocycles. The zero-order valence-electron chi connectivity index (χ0n) is 16.0. The minimum Gasteiger partial charge on any atom is -0.507 e. The quantitative estimate of drug-likeness (QED) is 0.355. The van der Waals surface area contributed by atoms with Crippen LogP contribution in [0.5, 0.6) is 5.75 Å². The van der Waals surface area contributed by atoms with E-state index in [9.17, 15) is 5.11 Å². The van der Waals surface area contributed by atoms with Crippen LogP contribution in [-0.2, 0) is 12.8 Å². The second kappa shape index (κ2) is 6.28. The lowest BCUT2D eigenvalue weighted by molar-refractivity contribution is 0.481. The molecule has 1 aromatic heterocycles. The van der Waals surface area contributed by atoms with E-state index >= 15 is 0 Å². The van der Waals surface area contributed by atoms with E-state index in [4.69, 9.17) is 0 Å². The van der Waals surface area contributed by atoms with Crippen LogP contribution in [0.15, 0.2) is 66.7 Å². The summed E-state index contributed by atoms with van der Waals surface area (Å²) < 4.78 is 0. The van der Waals surface area contributed by atoms with E-state index in [1.807, 2.05) is 12.1 Å². The number of aromatic hydroxyl groups is 1. The van der Waals surface area contributed by atoms with E-state index in [-0.39, 0.29) is 5.75 Å². The second-order valence-corrected chi connectivity index (χ2v) is 7.95. The summed E-state index contributed by atoms with van der Waals surface area (Å²) in [5.41, 5.74) is 5.53. The maximum absolute atomic E-state index is 10.2. The molecule has 1 aliphatic carbocycles. The average molecular weight is 376 g/mol. The molecular weight excluding hydrogens is 356 g/mol. The maximum atomic E-state index is 10.2. The van der Waals surface area contributed by atoms with Crippen molar-refractivity contribution in [2.45, 2.75) is 25.7 Å². The van der Waals surface area contributed by atoms with Gasteiger partial charge < -0.3 is 5.11 Å². The van der Waals surface area contributed by atoms with Gasteiger partial charge in [0.05, 0.1) is 11.2 Å². The molecule has 0 unspecified atom stereocenters. The van der Waals surface area contributed by atoms with Gasteiger partial charge in [-0.05, 0) is 82.6 Å². The Bertz CT molecular complexity index is 1420. The van der Waals surface area contributed by atoms with Crippen molar-refractivity contribution in [3.05, 3.63) is 77.9 Å². The summed E-state index contributed by atoms with van der Waals surface area (Å²) in [6, 6.07) is 22.8. The molecule has 1 N–H and O–H groups in total. The number of hydrogen-bond acceptors (Lipinski definition) is 3. The van der Waals surface area contributed by atoms with Gasteiger partial charge in [-0.15, -0.1) is 10.2 Å². The van der Waals surface area contributed by atoms with Gasteiger partial charge in [-0.1, -0.05) is 42.5 Å². The maximum Gasteiger partial charge on any atom is 0.125 e. The van der Waals surface area contributed by atoms with E-state index in [1.54, 1.807) is 12.1 Å². The van der Waals surface area contributed by atoms with Crippen molar-refractivity contribution >= 4 is 32.4 Å². The zero-order chi connectivity index (χ0) is 19.4. The lowest BCUT2D eigenvalue weighted by atomic mass is 9.86. The van der Waals surface area contributed by atoms with Crippen LogP contribution >= 0.6 is 0 Å². The molecule has 140 valence electrons. The third kappa shape index (κ3) is 2.58. The van der Waals surface area contributed by atoms with Gasteiger partial charge in [-0.2, -0.15) is 0 Å². The molecule has 1 aliphatic rings. The Balaban J connectivity index is 1.53. The minimum atomic E-state index is 0.232. The Kier molecular flexibility index (Phi) is 3.57. The van der Waals surface area contributed by atoms with Crippen molar-refractivity contribution in [2.24, 2.45) is 0 Å². The van der Waals surface area contributed by atoms with Crippen molar-refractivity contribution in [3.63, 3.8) is 0 Å². The Morgan fingerprint density at radius 1 is 0.690 bits per heavy atom. The Labute approximate surface area is 168 Å².